The Morgan fingerprint density at radius 3 is 2.76 bits per heavy atom. The fourth-order valence-corrected chi connectivity index (χ4v) is 5.04. The molecule has 1 aliphatic carbocycles. The van der Waals surface area contributed by atoms with Crippen molar-refractivity contribution in [2.24, 2.45) is 0 Å². The summed E-state index contributed by atoms with van der Waals surface area (Å²) in [6.45, 7) is -0.168. The quantitative estimate of drug-likeness (QED) is 0.394. The summed E-state index contributed by atoms with van der Waals surface area (Å²) >= 11 is 1.43. The van der Waals surface area contributed by atoms with E-state index in [9.17, 15) is 9.59 Å². The van der Waals surface area contributed by atoms with Gasteiger partial charge in [-0.2, -0.15) is 4.98 Å². The lowest BCUT2D eigenvalue weighted by Crippen LogP contribution is -2.15. The molecule has 5 rings (SSSR count). The summed E-state index contributed by atoms with van der Waals surface area (Å²) in [7, 11) is 1.53. The zero-order chi connectivity index (χ0) is 23.5. The SMILES string of the molecule is COc1ccccc1NC(=O)Cc1noc(COC(=O)c2cc3c(s2)-c2ccccc2CC3)n1. The number of hydrogen-bond acceptors (Lipinski definition) is 8. The summed E-state index contributed by atoms with van der Waals surface area (Å²) in [6.07, 6.45) is 1.77. The van der Waals surface area contributed by atoms with E-state index in [-0.39, 0.29) is 30.7 Å². The third-order valence-corrected chi connectivity index (χ3v) is 6.66. The monoisotopic (exact) mass is 475 g/mol. The smallest absolute Gasteiger partial charge is 0.348 e. The van der Waals surface area contributed by atoms with Crippen LogP contribution in [0.5, 0.6) is 5.75 Å². The molecule has 8 nitrogen and oxygen atoms in total. The van der Waals surface area contributed by atoms with Crippen LogP contribution in [0.4, 0.5) is 5.69 Å². The van der Waals surface area contributed by atoms with Crippen molar-refractivity contribution in [2.75, 3.05) is 12.4 Å². The third kappa shape index (κ3) is 4.55. The number of aryl methyl sites for hydroxylation is 2. The minimum Gasteiger partial charge on any atom is -0.495 e. The van der Waals surface area contributed by atoms with Crippen LogP contribution in [0.15, 0.2) is 59.1 Å². The summed E-state index contributed by atoms with van der Waals surface area (Å²) in [5, 5.41) is 6.55. The molecule has 2 heterocycles. The fraction of sp³-hybridized carbons (Fsp3) is 0.200. The lowest BCUT2D eigenvalue weighted by atomic mass is 9.91. The third-order valence-electron chi connectivity index (χ3n) is 5.47. The first-order valence-corrected chi connectivity index (χ1v) is 11.5. The Morgan fingerprint density at radius 1 is 1.09 bits per heavy atom. The molecule has 34 heavy (non-hydrogen) atoms. The average molecular weight is 476 g/mol. The van der Waals surface area contributed by atoms with Crippen molar-refractivity contribution in [2.45, 2.75) is 25.9 Å². The van der Waals surface area contributed by atoms with Crippen molar-refractivity contribution >= 4 is 28.9 Å². The second-order valence-electron chi connectivity index (χ2n) is 7.73. The van der Waals surface area contributed by atoms with Crippen LogP contribution in [0.2, 0.25) is 0 Å². The molecule has 1 N–H and O–H groups in total. The molecule has 2 aromatic carbocycles. The van der Waals surface area contributed by atoms with Gasteiger partial charge in [-0.05, 0) is 47.7 Å². The summed E-state index contributed by atoms with van der Waals surface area (Å²) in [5.41, 5.74) is 4.19. The fourth-order valence-electron chi connectivity index (χ4n) is 3.88. The Kier molecular flexibility index (Phi) is 6.09. The molecular weight excluding hydrogens is 454 g/mol. The molecule has 2 aromatic heterocycles. The van der Waals surface area contributed by atoms with Gasteiger partial charge in [0.05, 0.1) is 19.2 Å². The minimum atomic E-state index is -0.439. The second-order valence-corrected chi connectivity index (χ2v) is 8.78. The zero-order valence-electron chi connectivity index (χ0n) is 18.4. The number of ether oxygens (including phenoxy) is 2. The van der Waals surface area contributed by atoms with E-state index in [0.717, 1.165) is 23.3 Å². The highest BCUT2D eigenvalue weighted by Crippen LogP contribution is 2.39. The van der Waals surface area contributed by atoms with E-state index in [1.54, 1.807) is 18.2 Å². The first-order valence-electron chi connectivity index (χ1n) is 10.7. The normalized spacial score (nSPS) is 11.9. The Balaban J connectivity index is 1.18. The standard InChI is InChI=1S/C25H21N3O5S/c1-31-19-9-5-4-8-18(19)26-22(29)13-21-27-23(33-28-21)14-32-25(30)20-12-16-11-10-15-6-2-3-7-17(15)24(16)34-20/h2-9,12H,10-11,13-14H2,1H3,(H,26,29). The molecule has 0 bridgehead atoms. The van der Waals surface area contributed by atoms with Gasteiger partial charge in [0, 0.05) is 4.88 Å². The lowest BCUT2D eigenvalue weighted by molar-refractivity contribution is -0.115. The van der Waals surface area contributed by atoms with Gasteiger partial charge >= 0.3 is 5.97 Å². The molecule has 172 valence electrons. The number of carbonyl (C=O) groups is 2. The van der Waals surface area contributed by atoms with E-state index in [1.165, 1.54) is 29.6 Å². The summed E-state index contributed by atoms with van der Waals surface area (Å²) in [6, 6.07) is 17.2. The van der Waals surface area contributed by atoms with Crippen LogP contribution < -0.4 is 10.1 Å². The Labute approximate surface area is 199 Å². The van der Waals surface area contributed by atoms with Crippen molar-refractivity contribution in [3.05, 3.63) is 82.3 Å². The number of nitrogens with zero attached hydrogens (tertiary/aromatic N) is 2. The highest BCUT2D eigenvalue weighted by molar-refractivity contribution is 7.17. The van der Waals surface area contributed by atoms with Gasteiger partial charge in [-0.25, -0.2) is 4.79 Å². The predicted octanol–water partition coefficient (Wildman–Crippen LogP) is 4.44. The number of aromatic nitrogens is 2. The van der Waals surface area contributed by atoms with Crippen LogP contribution in [0.3, 0.4) is 0 Å². The van der Waals surface area contributed by atoms with Crippen LogP contribution in [-0.2, 0) is 35.4 Å². The molecule has 0 unspecified atom stereocenters. The highest BCUT2D eigenvalue weighted by atomic mass is 32.1. The lowest BCUT2D eigenvalue weighted by Gasteiger charge is -2.15. The molecule has 0 fully saturated rings. The zero-order valence-corrected chi connectivity index (χ0v) is 19.2. The maximum atomic E-state index is 12.6. The molecule has 0 spiro atoms. The number of fused-ring (bicyclic) bond motifs is 3. The van der Waals surface area contributed by atoms with Crippen LogP contribution in [-0.4, -0.2) is 29.1 Å². The van der Waals surface area contributed by atoms with E-state index in [2.05, 4.69) is 27.6 Å². The summed E-state index contributed by atoms with van der Waals surface area (Å²) < 4.78 is 15.7. The Hall–Kier alpha value is -3.98. The number of anilines is 1. The van der Waals surface area contributed by atoms with Gasteiger partial charge in [-0.15, -0.1) is 11.3 Å². The van der Waals surface area contributed by atoms with Crippen LogP contribution in [0.1, 0.15) is 32.5 Å². The second kappa shape index (κ2) is 9.48. The van der Waals surface area contributed by atoms with E-state index in [0.29, 0.717) is 16.3 Å². The van der Waals surface area contributed by atoms with E-state index >= 15 is 0 Å². The number of thiophene rings is 1. The summed E-state index contributed by atoms with van der Waals surface area (Å²) in [4.78, 5) is 30.8. The number of amides is 1. The molecule has 0 atom stereocenters. The molecular formula is C25H21N3O5S. The predicted molar refractivity (Wildman–Crippen MR) is 126 cm³/mol. The van der Waals surface area contributed by atoms with Gasteiger partial charge < -0.3 is 19.3 Å². The highest BCUT2D eigenvalue weighted by Gasteiger charge is 2.22. The number of para-hydroxylation sites is 2. The first kappa shape index (κ1) is 21.8. The number of esters is 1. The Morgan fingerprint density at radius 2 is 1.88 bits per heavy atom. The molecule has 1 amide bonds. The van der Waals surface area contributed by atoms with Crippen molar-refractivity contribution in [1.29, 1.82) is 0 Å². The van der Waals surface area contributed by atoms with Gasteiger partial charge in [-0.3, -0.25) is 4.79 Å². The van der Waals surface area contributed by atoms with Gasteiger partial charge in [0.1, 0.15) is 10.6 Å². The molecule has 0 radical (unpaired) electrons. The van der Waals surface area contributed by atoms with Crippen molar-refractivity contribution in [1.82, 2.24) is 10.1 Å². The van der Waals surface area contributed by atoms with Gasteiger partial charge in [0.2, 0.25) is 5.91 Å². The topological polar surface area (TPSA) is 104 Å². The first-order chi connectivity index (χ1) is 16.6. The van der Waals surface area contributed by atoms with Crippen molar-refractivity contribution in [3.63, 3.8) is 0 Å². The van der Waals surface area contributed by atoms with Crippen LogP contribution >= 0.6 is 11.3 Å². The van der Waals surface area contributed by atoms with Crippen LogP contribution in [0, 0.1) is 0 Å². The number of carbonyl (C=O) groups excluding carboxylic acids is 2. The van der Waals surface area contributed by atoms with E-state index in [4.69, 9.17) is 14.0 Å². The maximum Gasteiger partial charge on any atom is 0.348 e. The molecule has 9 heteroatoms. The molecule has 0 aliphatic heterocycles. The number of hydrogen-bond donors (Lipinski definition) is 1. The van der Waals surface area contributed by atoms with E-state index < -0.39 is 5.97 Å². The number of benzene rings is 2. The minimum absolute atomic E-state index is 0.0907. The van der Waals surface area contributed by atoms with Gasteiger partial charge in [0.25, 0.3) is 5.89 Å². The average Bonchev–Trinajstić information content (AvgIpc) is 3.50. The van der Waals surface area contributed by atoms with Gasteiger partial charge in [0.15, 0.2) is 12.4 Å². The van der Waals surface area contributed by atoms with Crippen LogP contribution in [0.25, 0.3) is 10.4 Å². The molecule has 4 aromatic rings. The number of methoxy groups -OCH3 is 1. The largest absolute Gasteiger partial charge is 0.495 e. The Bertz CT molecular complexity index is 1360. The van der Waals surface area contributed by atoms with Crippen molar-refractivity contribution in [3.8, 4) is 16.2 Å². The van der Waals surface area contributed by atoms with Gasteiger partial charge in [-0.1, -0.05) is 41.6 Å². The van der Waals surface area contributed by atoms with Crippen molar-refractivity contribution < 1.29 is 23.6 Å². The molecule has 0 saturated heterocycles. The number of rotatable bonds is 7. The van der Waals surface area contributed by atoms with E-state index in [1.807, 2.05) is 24.3 Å². The summed E-state index contributed by atoms with van der Waals surface area (Å²) in [5.74, 6) is 0.112. The molecule has 0 saturated carbocycles. The number of nitrogens with one attached hydrogen (secondary N) is 1. The molecule has 1 aliphatic rings. The maximum absolute atomic E-state index is 12.6.